The number of nitrogens with one attached hydrogen (secondary N) is 1. The molecule has 0 saturated heterocycles. The molecule has 2 heterocycles. The van der Waals surface area contributed by atoms with Crippen LogP contribution < -0.4 is 10.1 Å². The first kappa shape index (κ1) is 20.2. The molecule has 4 rings (SSSR count). The number of carbonyl (C=O) groups excluding carboxylic acids is 2. The summed E-state index contributed by atoms with van der Waals surface area (Å²) in [6.07, 6.45) is 3.15. The fraction of sp³-hybridized carbons (Fsp3) is 0.0870. The molecule has 1 aliphatic heterocycles. The number of nitrogens with zero attached hydrogens (tertiary/aromatic N) is 2. The molecule has 3 aromatic rings. The third kappa shape index (κ3) is 3.87. The summed E-state index contributed by atoms with van der Waals surface area (Å²) in [5.41, 5.74) is 1.23. The molecule has 1 aliphatic rings. The highest BCUT2D eigenvalue weighted by atomic mass is 19.2. The maximum absolute atomic E-state index is 13.7. The van der Waals surface area contributed by atoms with Gasteiger partial charge in [-0.3, -0.25) is 19.5 Å². The Bertz CT molecular complexity index is 1200. The summed E-state index contributed by atoms with van der Waals surface area (Å²) in [5, 5.41) is 2.79. The number of rotatable bonds is 6. The van der Waals surface area contributed by atoms with Crippen LogP contribution in [0, 0.1) is 11.6 Å². The predicted molar refractivity (Wildman–Crippen MR) is 110 cm³/mol. The van der Waals surface area contributed by atoms with Gasteiger partial charge in [-0.25, -0.2) is 8.78 Å². The largest absolute Gasteiger partial charge is 0.496 e. The molecule has 1 aromatic heterocycles. The van der Waals surface area contributed by atoms with E-state index in [1.54, 1.807) is 48.8 Å². The zero-order valence-electron chi connectivity index (χ0n) is 16.4. The molecule has 0 unspecified atom stereocenters. The molecule has 0 fully saturated rings. The summed E-state index contributed by atoms with van der Waals surface area (Å²) >= 11 is 0. The number of benzene rings is 2. The van der Waals surface area contributed by atoms with E-state index in [1.807, 2.05) is 0 Å². The predicted octanol–water partition coefficient (Wildman–Crippen LogP) is 3.76. The van der Waals surface area contributed by atoms with Crippen LogP contribution in [0.3, 0.4) is 0 Å². The van der Waals surface area contributed by atoms with Crippen molar-refractivity contribution in [3.8, 4) is 5.75 Å². The van der Waals surface area contributed by atoms with Crippen molar-refractivity contribution in [2.24, 2.45) is 0 Å². The molecule has 31 heavy (non-hydrogen) atoms. The standard InChI is InChI=1S/C23H17F2N3O3/c1-31-19-7-3-2-6-16(19)20-21(27-15-8-9-17(24)18(25)11-15)23(30)28(22(20)29)13-14-5-4-10-26-12-14/h2-12,27H,13H2,1H3. The number of halogens is 2. The number of anilines is 1. The Kier molecular flexibility index (Phi) is 5.44. The van der Waals surface area contributed by atoms with E-state index >= 15 is 0 Å². The lowest BCUT2D eigenvalue weighted by Crippen LogP contribution is -2.32. The van der Waals surface area contributed by atoms with Crippen LogP contribution in [0.2, 0.25) is 0 Å². The molecule has 0 spiro atoms. The smallest absolute Gasteiger partial charge is 0.278 e. The second kappa shape index (κ2) is 8.35. The number of aromatic nitrogens is 1. The summed E-state index contributed by atoms with van der Waals surface area (Å²) in [6.45, 7) is 0.00706. The van der Waals surface area contributed by atoms with Crippen molar-refractivity contribution in [2.45, 2.75) is 6.54 Å². The monoisotopic (exact) mass is 421 g/mol. The highest BCUT2D eigenvalue weighted by molar-refractivity contribution is 6.36. The molecule has 2 aromatic carbocycles. The van der Waals surface area contributed by atoms with Crippen LogP contribution in [0.5, 0.6) is 5.75 Å². The van der Waals surface area contributed by atoms with Gasteiger partial charge in [-0.15, -0.1) is 0 Å². The van der Waals surface area contributed by atoms with E-state index in [9.17, 15) is 18.4 Å². The van der Waals surface area contributed by atoms with Gasteiger partial charge in [-0.05, 0) is 29.8 Å². The number of ether oxygens (including phenoxy) is 1. The highest BCUT2D eigenvalue weighted by Crippen LogP contribution is 2.36. The average molecular weight is 421 g/mol. The Morgan fingerprint density at radius 1 is 1.00 bits per heavy atom. The minimum atomic E-state index is -1.08. The molecule has 8 heteroatoms. The average Bonchev–Trinajstić information content (AvgIpc) is 3.01. The summed E-state index contributed by atoms with van der Waals surface area (Å²) in [4.78, 5) is 31.6. The van der Waals surface area contributed by atoms with Crippen LogP contribution in [-0.2, 0) is 16.1 Å². The summed E-state index contributed by atoms with van der Waals surface area (Å²) < 4.78 is 32.4. The maximum Gasteiger partial charge on any atom is 0.278 e. The van der Waals surface area contributed by atoms with Gasteiger partial charge in [-0.2, -0.15) is 0 Å². The molecule has 0 aliphatic carbocycles. The van der Waals surface area contributed by atoms with Crippen molar-refractivity contribution >= 4 is 23.1 Å². The van der Waals surface area contributed by atoms with E-state index in [2.05, 4.69) is 10.3 Å². The van der Waals surface area contributed by atoms with Crippen molar-refractivity contribution in [2.75, 3.05) is 12.4 Å². The first-order chi connectivity index (χ1) is 15.0. The molecular formula is C23H17F2N3O3. The number of imide groups is 1. The molecule has 156 valence electrons. The summed E-state index contributed by atoms with van der Waals surface area (Å²) in [5.74, 6) is -2.83. The van der Waals surface area contributed by atoms with Crippen LogP contribution in [0.25, 0.3) is 5.57 Å². The molecular weight excluding hydrogens is 404 g/mol. The van der Waals surface area contributed by atoms with Crippen molar-refractivity contribution in [1.29, 1.82) is 0 Å². The summed E-state index contributed by atoms with van der Waals surface area (Å²) in [6, 6.07) is 13.4. The van der Waals surface area contributed by atoms with Gasteiger partial charge in [0.05, 0.1) is 19.2 Å². The van der Waals surface area contributed by atoms with Crippen LogP contribution in [0.1, 0.15) is 11.1 Å². The van der Waals surface area contributed by atoms with Gasteiger partial charge in [0, 0.05) is 29.7 Å². The Hall–Kier alpha value is -4.07. The third-order valence-electron chi connectivity index (χ3n) is 4.80. The first-order valence-corrected chi connectivity index (χ1v) is 9.34. The Morgan fingerprint density at radius 2 is 1.81 bits per heavy atom. The van der Waals surface area contributed by atoms with Crippen LogP contribution >= 0.6 is 0 Å². The molecule has 0 saturated carbocycles. The molecule has 6 nitrogen and oxygen atoms in total. The number of para-hydroxylation sites is 1. The van der Waals surface area contributed by atoms with Gasteiger partial charge < -0.3 is 10.1 Å². The Balaban J connectivity index is 1.79. The number of methoxy groups -OCH3 is 1. The van der Waals surface area contributed by atoms with Gasteiger partial charge in [0.2, 0.25) is 0 Å². The number of amides is 2. The molecule has 0 radical (unpaired) electrons. The Labute approximate surface area is 176 Å². The lowest BCUT2D eigenvalue weighted by molar-refractivity contribution is -0.137. The fourth-order valence-electron chi connectivity index (χ4n) is 3.33. The van der Waals surface area contributed by atoms with Gasteiger partial charge in [0.1, 0.15) is 11.4 Å². The van der Waals surface area contributed by atoms with E-state index in [1.165, 1.54) is 13.2 Å². The maximum atomic E-state index is 13.7. The topological polar surface area (TPSA) is 71.5 Å². The van der Waals surface area contributed by atoms with Gasteiger partial charge >= 0.3 is 0 Å². The second-order valence-electron chi connectivity index (χ2n) is 6.76. The van der Waals surface area contributed by atoms with E-state index in [4.69, 9.17) is 4.74 Å². The molecule has 0 atom stereocenters. The van der Waals surface area contributed by atoms with Crippen LogP contribution in [0.4, 0.5) is 14.5 Å². The minimum Gasteiger partial charge on any atom is -0.496 e. The lowest BCUT2D eigenvalue weighted by atomic mass is 10.0. The normalized spacial score (nSPS) is 13.7. The van der Waals surface area contributed by atoms with Crippen LogP contribution in [-0.4, -0.2) is 28.8 Å². The van der Waals surface area contributed by atoms with E-state index in [-0.39, 0.29) is 23.5 Å². The quantitative estimate of drug-likeness (QED) is 0.614. The highest BCUT2D eigenvalue weighted by Gasteiger charge is 2.40. The van der Waals surface area contributed by atoms with Crippen LogP contribution in [0.15, 0.2) is 72.7 Å². The van der Waals surface area contributed by atoms with Crippen molar-refractivity contribution < 1.29 is 23.1 Å². The number of carbonyl (C=O) groups is 2. The Morgan fingerprint density at radius 3 is 2.52 bits per heavy atom. The minimum absolute atomic E-state index is 0.00706. The summed E-state index contributed by atoms with van der Waals surface area (Å²) in [7, 11) is 1.45. The van der Waals surface area contributed by atoms with Gasteiger partial charge in [0.25, 0.3) is 11.8 Å². The van der Waals surface area contributed by atoms with E-state index in [0.717, 1.165) is 17.0 Å². The van der Waals surface area contributed by atoms with Gasteiger partial charge in [0.15, 0.2) is 11.6 Å². The van der Waals surface area contributed by atoms with Crippen molar-refractivity contribution in [3.63, 3.8) is 0 Å². The number of pyridine rings is 1. The van der Waals surface area contributed by atoms with Gasteiger partial charge in [-0.1, -0.05) is 24.3 Å². The first-order valence-electron chi connectivity index (χ1n) is 9.34. The molecule has 2 amide bonds. The SMILES string of the molecule is COc1ccccc1C1=C(Nc2ccc(F)c(F)c2)C(=O)N(Cc2cccnc2)C1=O. The second-order valence-corrected chi connectivity index (χ2v) is 6.76. The lowest BCUT2D eigenvalue weighted by Gasteiger charge is -2.15. The van der Waals surface area contributed by atoms with E-state index in [0.29, 0.717) is 16.9 Å². The molecule has 1 N–H and O–H groups in total. The zero-order chi connectivity index (χ0) is 22.0. The van der Waals surface area contributed by atoms with Crippen molar-refractivity contribution in [1.82, 2.24) is 9.88 Å². The number of hydrogen-bond donors (Lipinski definition) is 1. The number of hydrogen-bond acceptors (Lipinski definition) is 5. The third-order valence-corrected chi connectivity index (χ3v) is 4.80. The van der Waals surface area contributed by atoms with Crippen molar-refractivity contribution in [3.05, 3.63) is 95.4 Å². The fourth-order valence-corrected chi connectivity index (χ4v) is 3.33. The zero-order valence-corrected chi connectivity index (χ0v) is 16.4. The molecule has 0 bridgehead atoms. The van der Waals surface area contributed by atoms with E-state index < -0.39 is 23.4 Å².